The van der Waals surface area contributed by atoms with E-state index in [-0.39, 0.29) is 0 Å². The molecule has 0 bridgehead atoms. The summed E-state index contributed by atoms with van der Waals surface area (Å²) in [5.41, 5.74) is 1.29. The van der Waals surface area contributed by atoms with Crippen LogP contribution in [-0.4, -0.2) is 11.0 Å². The highest BCUT2D eigenvalue weighted by molar-refractivity contribution is 5.08. The van der Waals surface area contributed by atoms with Gasteiger partial charge in [-0.1, -0.05) is 31.7 Å². The molecule has 1 heterocycles. The highest BCUT2D eigenvalue weighted by atomic mass is 14.9. The first-order valence-electron chi connectivity index (χ1n) is 6.98. The van der Waals surface area contributed by atoms with Crippen molar-refractivity contribution in [3.05, 3.63) is 30.1 Å². The van der Waals surface area contributed by atoms with Crippen LogP contribution in [0.5, 0.6) is 0 Å². The fraction of sp³-hybridized carbons (Fsp3) is 0.667. The van der Waals surface area contributed by atoms with Crippen LogP contribution in [0.3, 0.4) is 0 Å². The molecule has 2 heteroatoms. The molecule has 0 unspecified atom stereocenters. The molecule has 1 aromatic heterocycles. The first-order valence-corrected chi connectivity index (χ1v) is 6.98. The number of pyridine rings is 1. The zero-order chi connectivity index (χ0) is 11.9. The van der Waals surface area contributed by atoms with Gasteiger partial charge >= 0.3 is 0 Å². The number of hydrogen-bond acceptors (Lipinski definition) is 2. The maximum atomic E-state index is 4.15. The summed E-state index contributed by atoms with van der Waals surface area (Å²) in [4.78, 5) is 4.15. The topological polar surface area (TPSA) is 24.9 Å². The highest BCUT2D eigenvalue weighted by Gasteiger charge is 2.18. The van der Waals surface area contributed by atoms with Gasteiger partial charge in [0.05, 0.1) is 0 Å². The summed E-state index contributed by atoms with van der Waals surface area (Å²) in [6, 6.07) is 4.78. The Morgan fingerprint density at radius 1 is 1.29 bits per heavy atom. The Morgan fingerprint density at radius 2 is 2.06 bits per heavy atom. The van der Waals surface area contributed by atoms with Crippen molar-refractivity contribution < 1.29 is 0 Å². The van der Waals surface area contributed by atoms with Gasteiger partial charge in [0, 0.05) is 25.0 Å². The molecule has 1 saturated carbocycles. The van der Waals surface area contributed by atoms with E-state index >= 15 is 0 Å². The van der Waals surface area contributed by atoms with E-state index in [1.165, 1.54) is 44.1 Å². The molecule has 94 valence electrons. The second-order valence-corrected chi connectivity index (χ2v) is 5.28. The zero-order valence-electron chi connectivity index (χ0n) is 10.9. The minimum atomic E-state index is 0.633. The average Bonchev–Trinajstić information content (AvgIpc) is 2.66. The Morgan fingerprint density at radius 3 is 2.71 bits per heavy atom. The molecule has 2 nitrogen and oxygen atoms in total. The van der Waals surface area contributed by atoms with Gasteiger partial charge in [-0.05, 0) is 37.3 Å². The molecular weight excluding hydrogens is 208 g/mol. The summed E-state index contributed by atoms with van der Waals surface area (Å²) < 4.78 is 0. The Labute approximate surface area is 105 Å². The largest absolute Gasteiger partial charge is 0.310 e. The van der Waals surface area contributed by atoms with Crippen molar-refractivity contribution in [2.75, 3.05) is 0 Å². The Balaban J connectivity index is 1.78. The SMILES string of the molecule is C[C@@H](NCc1cccnc1)C1CCCCCC1. The van der Waals surface area contributed by atoms with Gasteiger partial charge in [-0.2, -0.15) is 0 Å². The Kier molecular flexibility index (Phi) is 4.99. The number of hydrogen-bond donors (Lipinski definition) is 1. The van der Waals surface area contributed by atoms with E-state index in [1.54, 1.807) is 0 Å². The number of nitrogens with one attached hydrogen (secondary N) is 1. The molecule has 1 fully saturated rings. The molecule has 17 heavy (non-hydrogen) atoms. The maximum Gasteiger partial charge on any atom is 0.0312 e. The van der Waals surface area contributed by atoms with Gasteiger partial charge in [0.1, 0.15) is 0 Å². The van der Waals surface area contributed by atoms with E-state index in [4.69, 9.17) is 0 Å². The predicted molar refractivity (Wildman–Crippen MR) is 71.7 cm³/mol. The normalized spacial score (nSPS) is 19.8. The lowest BCUT2D eigenvalue weighted by Gasteiger charge is -2.23. The van der Waals surface area contributed by atoms with E-state index in [0.29, 0.717) is 6.04 Å². The van der Waals surface area contributed by atoms with Crippen LogP contribution < -0.4 is 5.32 Å². The summed E-state index contributed by atoms with van der Waals surface area (Å²) in [6.45, 7) is 3.29. The molecule has 2 rings (SSSR count). The Bertz CT molecular complexity index is 302. The second-order valence-electron chi connectivity index (χ2n) is 5.28. The molecule has 0 aromatic carbocycles. The van der Waals surface area contributed by atoms with Crippen molar-refractivity contribution in [2.24, 2.45) is 5.92 Å². The second kappa shape index (κ2) is 6.75. The van der Waals surface area contributed by atoms with Crippen LogP contribution in [0, 0.1) is 5.92 Å². The predicted octanol–water partition coefficient (Wildman–Crippen LogP) is 3.53. The lowest BCUT2D eigenvalue weighted by atomic mass is 9.93. The van der Waals surface area contributed by atoms with E-state index in [9.17, 15) is 0 Å². The van der Waals surface area contributed by atoms with Crippen molar-refractivity contribution in [1.29, 1.82) is 0 Å². The monoisotopic (exact) mass is 232 g/mol. The highest BCUT2D eigenvalue weighted by Crippen LogP contribution is 2.25. The maximum absolute atomic E-state index is 4.15. The van der Waals surface area contributed by atoms with Crippen LogP contribution in [0.25, 0.3) is 0 Å². The third-order valence-electron chi connectivity index (χ3n) is 3.96. The molecule has 1 atom stereocenters. The smallest absolute Gasteiger partial charge is 0.0312 e. The first-order chi connectivity index (χ1) is 8.36. The van der Waals surface area contributed by atoms with Gasteiger partial charge < -0.3 is 5.32 Å². The van der Waals surface area contributed by atoms with Crippen molar-refractivity contribution in [3.8, 4) is 0 Å². The van der Waals surface area contributed by atoms with Crippen LogP contribution in [0.4, 0.5) is 0 Å². The van der Waals surface area contributed by atoms with E-state index in [1.807, 2.05) is 18.5 Å². The van der Waals surface area contributed by atoms with Crippen molar-refractivity contribution >= 4 is 0 Å². The molecule has 0 amide bonds. The number of nitrogens with zero attached hydrogens (tertiary/aromatic N) is 1. The van der Waals surface area contributed by atoms with Crippen LogP contribution in [-0.2, 0) is 6.54 Å². The third-order valence-corrected chi connectivity index (χ3v) is 3.96. The number of rotatable bonds is 4. The van der Waals surface area contributed by atoms with Gasteiger partial charge in [0.2, 0.25) is 0 Å². The van der Waals surface area contributed by atoms with Gasteiger partial charge in [-0.3, -0.25) is 4.98 Å². The minimum absolute atomic E-state index is 0.633. The summed E-state index contributed by atoms with van der Waals surface area (Å²) in [6.07, 6.45) is 12.3. The molecule has 0 saturated heterocycles. The minimum Gasteiger partial charge on any atom is -0.310 e. The average molecular weight is 232 g/mol. The van der Waals surface area contributed by atoms with Gasteiger partial charge in [-0.25, -0.2) is 0 Å². The number of aromatic nitrogens is 1. The van der Waals surface area contributed by atoms with Gasteiger partial charge in [0.25, 0.3) is 0 Å². The summed E-state index contributed by atoms with van der Waals surface area (Å²) >= 11 is 0. The molecule has 0 radical (unpaired) electrons. The Hall–Kier alpha value is -0.890. The fourth-order valence-electron chi connectivity index (χ4n) is 2.76. The zero-order valence-corrected chi connectivity index (χ0v) is 10.9. The summed E-state index contributed by atoms with van der Waals surface area (Å²) in [7, 11) is 0. The standard InChI is InChI=1S/C15H24N2/c1-13(15-8-4-2-3-5-9-15)17-12-14-7-6-10-16-11-14/h6-7,10-11,13,15,17H,2-5,8-9,12H2,1H3/t13-/m1/s1. The quantitative estimate of drug-likeness (QED) is 0.803. The van der Waals surface area contributed by atoms with Crippen LogP contribution in [0.15, 0.2) is 24.5 Å². The first kappa shape index (κ1) is 12.6. The van der Waals surface area contributed by atoms with Crippen molar-refractivity contribution in [1.82, 2.24) is 10.3 Å². The molecule has 0 spiro atoms. The van der Waals surface area contributed by atoms with E-state index in [2.05, 4.69) is 23.3 Å². The summed E-state index contributed by atoms with van der Waals surface area (Å²) in [5.74, 6) is 0.870. The third kappa shape index (κ3) is 4.12. The molecule has 1 N–H and O–H groups in total. The van der Waals surface area contributed by atoms with Crippen molar-refractivity contribution in [3.63, 3.8) is 0 Å². The molecule has 1 aliphatic carbocycles. The lowest BCUT2D eigenvalue weighted by Crippen LogP contribution is -2.32. The van der Waals surface area contributed by atoms with Gasteiger partial charge in [-0.15, -0.1) is 0 Å². The van der Waals surface area contributed by atoms with Crippen LogP contribution in [0.2, 0.25) is 0 Å². The fourth-order valence-corrected chi connectivity index (χ4v) is 2.76. The van der Waals surface area contributed by atoms with Gasteiger partial charge in [0.15, 0.2) is 0 Å². The van der Waals surface area contributed by atoms with Crippen LogP contribution in [0.1, 0.15) is 51.0 Å². The van der Waals surface area contributed by atoms with Crippen LogP contribution >= 0.6 is 0 Å². The van der Waals surface area contributed by atoms with E-state index < -0.39 is 0 Å². The summed E-state index contributed by atoms with van der Waals surface area (Å²) in [5, 5.41) is 3.66. The van der Waals surface area contributed by atoms with E-state index in [0.717, 1.165) is 12.5 Å². The molecule has 1 aliphatic rings. The molecule has 0 aliphatic heterocycles. The lowest BCUT2D eigenvalue weighted by molar-refractivity contribution is 0.336. The molecule has 1 aromatic rings. The van der Waals surface area contributed by atoms with Crippen molar-refractivity contribution in [2.45, 2.75) is 58.0 Å². The molecular formula is C15H24N2.